The lowest BCUT2D eigenvalue weighted by Gasteiger charge is -2.30. The van der Waals surface area contributed by atoms with Gasteiger partial charge in [0.1, 0.15) is 0 Å². The summed E-state index contributed by atoms with van der Waals surface area (Å²) in [6.45, 7) is 6.87. The van der Waals surface area contributed by atoms with Gasteiger partial charge in [-0.2, -0.15) is 0 Å². The average molecular weight is 263 g/mol. The molecule has 0 unspecified atom stereocenters. The van der Waals surface area contributed by atoms with E-state index < -0.39 is 0 Å². The fourth-order valence-corrected chi connectivity index (χ4v) is 2.79. The van der Waals surface area contributed by atoms with Crippen molar-refractivity contribution in [1.82, 2.24) is 5.32 Å². The summed E-state index contributed by atoms with van der Waals surface area (Å²) in [7, 11) is 0. The lowest BCUT2D eigenvalue weighted by Crippen LogP contribution is -2.46. The van der Waals surface area contributed by atoms with Crippen molar-refractivity contribution in [2.24, 2.45) is 17.1 Å². The number of hydrogen-bond acceptors (Lipinski definition) is 2. The van der Waals surface area contributed by atoms with E-state index in [1.54, 1.807) is 0 Å². The number of hydrogen-bond donors (Lipinski definition) is 2. The first kappa shape index (κ1) is 16.7. The van der Waals surface area contributed by atoms with E-state index in [0.717, 1.165) is 19.3 Å². The topological polar surface area (TPSA) is 55.1 Å². The van der Waals surface area contributed by atoms with Gasteiger partial charge in [0.15, 0.2) is 0 Å². The Morgan fingerprint density at radius 1 is 1.29 bits per heavy atom. The van der Waals surface area contributed by atoms with Crippen LogP contribution in [0.1, 0.15) is 52.9 Å². The van der Waals surface area contributed by atoms with Crippen LogP contribution in [0.5, 0.6) is 0 Å². The summed E-state index contributed by atoms with van der Waals surface area (Å²) < 4.78 is 0. The van der Waals surface area contributed by atoms with E-state index in [4.69, 9.17) is 5.73 Å². The molecule has 0 aromatic rings. The molecule has 0 aromatic carbocycles. The minimum Gasteiger partial charge on any atom is -0.352 e. The van der Waals surface area contributed by atoms with Crippen LogP contribution in [0.3, 0.4) is 0 Å². The number of carbonyl (C=O) groups is 1. The predicted octanol–water partition coefficient (Wildman–Crippen LogP) is 2.48. The molecule has 0 aromatic heterocycles. The molecule has 4 heteroatoms. The second-order valence-electron chi connectivity index (χ2n) is 5.70. The summed E-state index contributed by atoms with van der Waals surface area (Å²) in [5.41, 5.74) is 5.45. The van der Waals surface area contributed by atoms with Gasteiger partial charge < -0.3 is 11.1 Å². The molecule has 3 nitrogen and oxygen atoms in total. The van der Waals surface area contributed by atoms with Crippen LogP contribution >= 0.6 is 12.4 Å². The zero-order valence-corrected chi connectivity index (χ0v) is 12.1. The van der Waals surface area contributed by atoms with Gasteiger partial charge in [-0.15, -0.1) is 12.4 Å². The van der Waals surface area contributed by atoms with Gasteiger partial charge in [0.25, 0.3) is 0 Å². The third-order valence-electron chi connectivity index (χ3n) is 3.57. The summed E-state index contributed by atoms with van der Waals surface area (Å²) in [6, 6.07) is 0.0946. The lowest BCUT2D eigenvalue weighted by atomic mass is 9.77. The van der Waals surface area contributed by atoms with Crippen molar-refractivity contribution in [3.8, 4) is 0 Å². The summed E-state index contributed by atoms with van der Waals surface area (Å²) in [4.78, 5) is 12.3. The van der Waals surface area contributed by atoms with Crippen LogP contribution in [0.2, 0.25) is 0 Å². The van der Waals surface area contributed by atoms with Crippen LogP contribution in [-0.4, -0.2) is 18.5 Å². The molecule has 1 aliphatic rings. The molecule has 1 fully saturated rings. The molecule has 3 N–H and O–H groups in total. The summed E-state index contributed by atoms with van der Waals surface area (Å²) >= 11 is 0. The highest BCUT2D eigenvalue weighted by atomic mass is 35.5. The Morgan fingerprint density at radius 2 is 1.82 bits per heavy atom. The van der Waals surface area contributed by atoms with Crippen molar-refractivity contribution in [3.05, 3.63) is 0 Å². The molecule has 0 bridgehead atoms. The van der Waals surface area contributed by atoms with Crippen molar-refractivity contribution in [2.45, 2.75) is 58.9 Å². The molecule has 0 spiro atoms. The van der Waals surface area contributed by atoms with Gasteiger partial charge in [-0.1, -0.05) is 26.7 Å². The maximum absolute atomic E-state index is 12.3. The van der Waals surface area contributed by atoms with Gasteiger partial charge in [-0.3, -0.25) is 4.79 Å². The Balaban J connectivity index is 0.00000256. The molecule has 102 valence electrons. The summed E-state index contributed by atoms with van der Waals surface area (Å²) in [5.74, 6) is 0.814. The smallest absolute Gasteiger partial charge is 0.226 e. The highest BCUT2D eigenvalue weighted by Gasteiger charge is 2.41. The van der Waals surface area contributed by atoms with Crippen LogP contribution < -0.4 is 11.1 Å². The molecule has 17 heavy (non-hydrogen) atoms. The minimum atomic E-state index is -0.0996. The lowest BCUT2D eigenvalue weighted by molar-refractivity contribution is -0.132. The van der Waals surface area contributed by atoms with Crippen molar-refractivity contribution in [1.29, 1.82) is 0 Å². The Bertz CT molecular complexity index is 238. The van der Waals surface area contributed by atoms with Crippen molar-refractivity contribution in [2.75, 3.05) is 6.54 Å². The maximum Gasteiger partial charge on any atom is 0.226 e. The van der Waals surface area contributed by atoms with E-state index in [1.165, 1.54) is 12.8 Å². The SMILES string of the molecule is CC(C)CC1(C(=O)N[C@H](C)CN)CCCC1.Cl. The Labute approximate surface area is 111 Å². The third kappa shape index (κ3) is 4.47. The first-order chi connectivity index (χ1) is 7.50. The number of rotatable bonds is 5. The van der Waals surface area contributed by atoms with Gasteiger partial charge in [-0.05, 0) is 32.1 Å². The molecule has 0 heterocycles. The molecular weight excluding hydrogens is 236 g/mol. The first-order valence-electron chi connectivity index (χ1n) is 6.51. The van der Waals surface area contributed by atoms with E-state index in [-0.39, 0.29) is 29.8 Å². The highest BCUT2D eigenvalue weighted by molar-refractivity contribution is 5.85. The van der Waals surface area contributed by atoms with E-state index in [0.29, 0.717) is 12.5 Å². The largest absolute Gasteiger partial charge is 0.352 e. The standard InChI is InChI=1S/C13H26N2O.ClH/c1-10(2)8-13(6-4-5-7-13)12(16)15-11(3)9-14;/h10-11H,4-9,14H2,1-3H3,(H,15,16);1H/t11-;/m1./s1. The van der Waals surface area contributed by atoms with E-state index in [1.807, 2.05) is 6.92 Å². The van der Waals surface area contributed by atoms with E-state index in [9.17, 15) is 4.79 Å². The van der Waals surface area contributed by atoms with Crippen molar-refractivity contribution >= 4 is 18.3 Å². The van der Waals surface area contributed by atoms with Crippen molar-refractivity contribution in [3.63, 3.8) is 0 Å². The number of halogens is 1. The van der Waals surface area contributed by atoms with E-state index in [2.05, 4.69) is 19.2 Å². The first-order valence-corrected chi connectivity index (χ1v) is 6.51. The maximum atomic E-state index is 12.3. The van der Waals surface area contributed by atoms with Gasteiger partial charge >= 0.3 is 0 Å². The molecule has 0 aliphatic heterocycles. The zero-order chi connectivity index (χ0) is 12.2. The third-order valence-corrected chi connectivity index (χ3v) is 3.57. The van der Waals surface area contributed by atoms with E-state index >= 15 is 0 Å². The van der Waals surface area contributed by atoms with Crippen LogP contribution in [0.4, 0.5) is 0 Å². The molecule has 0 radical (unpaired) electrons. The average Bonchev–Trinajstić information content (AvgIpc) is 2.66. The quantitative estimate of drug-likeness (QED) is 0.800. The van der Waals surface area contributed by atoms with Crippen LogP contribution in [0.25, 0.3) is 0 Å². The summed E-state index contributed by atoms with van der Waals surface area (Å²) in [6.07, 6.45) is 5.49. The molecular formula is C13H27ClN2O. The second-order valence-corrected chi connectivity index (χ2v) is 5.70. The number of nitrogens with two attached hydrogens (primary N) is 1. The van der Waals surface area contributed by atoms with Gasteiger partial charge in [0.2, 0.25) is 5.91 Å². The van der Waals surface area contributed by atoms with Crippen molar-refractivity contribution < 1.29 is 4.79 Å². The normalized spacial score (nSPS) is 19.8. The summed E-state index contributed by atoms with van der Waals surface area (Å²) in [5, 5.41) is 3.05. The fraction of sp³-hybridized carbons (Fsp3) is 0.923. The minimum absolute atomic E-state index is 0. The Kier molecular flexibility index (Phi) is 7.10. The Morgan fingerprint density at radius 3 is 2.24 bits per heavy atom. The van der Waals surface area contributed by atoms with Gasteiger partial charge in [-0.25, -0.2) is 0 Å². The fourth-order valence-electron chi connectivity index (χ4n) is 2.79. The predicted molar refractivity (Wildman–Crippen MR) is 74.3 cm³/mol. The van der Waals surface area contributed by atoms with Crippen LogP contribution in [-0.2, 0) is 4.79 Å². The van der Waals surface area contributed by atoms with Crippen LogP contribution in [0.15, 0.2) is 0 Å². The monoisotopic (exact) mass is 262 g/mol. The number of nitrogens with one attached hydrogen (secondary N) is 1. The molecule has 1 atom stereocenters. The molecule has 0 saturated heterocycles. The number of amides is 1. The Hall–Kier alpha value is -0.280. The molecule has 1 amide bonds. The molecule has 1 rings (SSSR count). The van der Waals surface area contributed by atoms with Gasteiger partial charge in [0, 0.05) is 18.0 Å². The molecule has 1 saturated carbocycles. The number of carbonyl (C=O) groups excluding carboxylic acids is 1. The van der Waals surface area contributed by atoms with Gasteiger partial charge in [0.05, 0.1) is 0 Å². The second kappa shape index (κ2) is 7.22. The zero-order valence-electron chi connectivity index (χ0n) is 11.3. The molecule has 1 aliphatic carbocycles. The highest BCUT2D eigenvalue weighted by Crippen LogP contribution is 2.43. The van der Waals surface area contributed by atoms with Crippen LogP contribution in [0, 0.1) is 11.3 Å².